The lowest BCUT2D eigenvalue weighted by Gasteiger charge is -2.10. The Labute approximate surface area is 120 Å². The maximum Gasteiger partial charge on any atom is 0.402 e. The van der Waals surface area contributed by atoms with Crippen LogP contribution in [0.1, 0.15) is 10.4 Å². The lowest BCUT2D eigenvalue weighted by atomic mass is 10.2. The van der Waals surface area contributed by atoms with Gasteiger partial charge < -0.3 is 5.11 Å². The Hall–Kier alpha value is -0.880. The largest absolute Gasteiger partial charge is 0.478 e. The molecule has 0 bridgehead atoms. The highest BCUT2D eigenvalue weighted by molar-refractivity contribution is 14.1. The lowest BCUT2D eigenvalue weighted by Crippen LogP contribution is -2.33. The number of hydrogen-bond acceptors (Lipinski definition) is 3. The third kappa shape index (κ3) is 4.62. The van der Waals surface area contributed by atoms with Gasteiger partial charge in [-0.2, -0.15) is 13.2 Å². The molecule has 0 saturated heterocycles. The van der Waals surface area contributed by atoms with Crippen molar-refractivity contribution >= 4 is 38.6 Å². The molecule has 1 rings (SSSR count). The first-order valence-electron chi connectivity index (χ1n) is 4.62. The molecule has 0 fully saturated rings. The molecule has 1 aromatic rings. The van der Waals surface area contributed by atoms with Gasteiger partial charge in [0.2, 0.25) is 10.0 Å². The summed E-state index contributed by atoms with van der Waals surface area (Å²) in [6.07, 6.45) is -4.69. The third-order valence-corrected chi connectivity index (χ3v) is 4.28. The number of hydrogen-bond donors (Lipinski definition) is 2. The van der Waals surface area contributed by atoms with Crippen LogP contribution < -0.4 is 4.72 Å². The van der Waals surface area contributed by atoms with Gasteiger partial charge in [0.05, 0.1) is 10.5 Å². The summed E-state index contributed by atoms with van der Waals surface area (Å²) < 4.78 is 60.6. The van der Waals surface area contributed by atoms with Gasteiger partial charge in [-0.15, -0.1) is 0 Å². The number of aromatic carboxylic acids is 1. The standard InChI is InChI=1S/C9H7F3INO4S/c10-9(11,12)4-14-19(17,18)5-1-2-7(13)6(3-5)8(15)16/h1-3,14H,4H2,(H,15,16). The van der Waals surface area contributed by atoms with Gasteiger partial charge in [-0.25, -0.2) is 17.9 Å². The van der Waals surface area contributed by atoms with Crippen molar-refractivity contribution in [3.05, 3.63) is 27.3 Å². The third-order valence-electron chi connectivity index (χ3n) is 1.94. The molecule has 10 heteroatoms. The minimum absolute atomic E-state index is 0.278. The monoisotopic (exact) mass is 409 g/mol. The predicted molar refractivity (Wildman–Crippen MR) is 67.4 cm³/mol. The number of carbonyl (C=O) groups is 1. The van der Waals surface area contributed by atoms with Crippen molar-refractivity contribution in [2.45, 2.75) is 11.1 Å². The molecule has 2 N–H and O–H groups in total. The SMILES string of the molecule is O=C(O)c1cc(S(=O)(=O)NCC(F)(F)F)ccc1I. The smallest absolute Gasteiger partial charge is 0.402 e. The van der Waals surface area contributed by atoms with Crippen LogP contribution in [0.5, 0.6) is 0 Å². The Morgan fingerprint density at radius 3 is 2.42 bits per heavy atom. The quantitative estimate of drug-likeness (QED) is 0.744. The molecule has 0 aliphatic rings. The van der Waals surface area contributed by atoms with Gasteiger partial charge in [-0.1, -0.05) is 0 Å². The summed E-state index contributed by atoms with van der Waals surface area (Å²) in [4.78, 5) is 10.3. The molecular formula is C9H7F3INO4S. The predicted octanol–water partition coefficient (Wildman–Crippen LogP) is 1.83. The van der Waals surface area contributed by atoms with Crippen molar-refractivity contribution in [3.8, 4) is 0 Å². The summed E-state index contributed by atoms with van der Waals surface area (Å²) in [7, 11) is -4.40. The van der Waals surface area contributed by atoms with Gasteiger partial charge in [0, 0.05) is 3.57 Å². The van der Waals surface area contributed by atoms with Crippen LogP contribution in [0.3, 0.4) is 0 Å². The van der Waals surface area contributed by atoms with E-state index in [0.29, 0.717) is 0 Å². The van der Waals surface area contributed by atoms with E-state index in [0.717, 1.165) is 12.1 Å². The number of nitrogens with one attached hydrogen (secondary N) is 1. The second-order valence-electron chi connectivity index (χ2n) is 3.39. The van der Waals surface area contributed by atoms with E-state index in [4.69, 9.17) is 5.11 Å². The van der Waals surface area contributed by atoms with Crippen LogP contribution in [-0.2, 0) is 10.0 Å². The van der Waals surface area contributed by atoms with E-state index in [2.05, 4.69) is 0 Å². The van der Waals surface area contributed by atoms with Crippen molar-refractivity contribution < 1.29 is 31.5 Å². The van der Waals surface area contributed by atoms with Gasteiger partial charge in [0.1, 0.15) is 6.54 Å². The average molecular weight is 409 g/mol. The van der Waals surface area contributed by atoms with Gasteiger partial charge in [-0.05, 0) is 40.8 Å². The van der Waals surface area contributed by atoms with E-state index in [9.17, 15) is 26.4 Å². The zero-order valence-electron chi connectivity index (χ0n) is 9.03. The fourth-order valence-electron chi connectivity index (χ4n) is 1.10. The highest BCUT2D eigenvalue weighted by Gasteiger charge is 2.30. The van der Waals surface area contributed by atoms with E-state index < -0.39 is 33.6 Å². The fraction of sp³-hybridized carbons (Fsp3) is 0.222. The Bertz CT molecular complexity index is 600. The molecule has 1 aromatic carbocycles. The van der Waals surface area contributed by atoms with Gasteiger partial charge in [-0.3, -0.25) is 0 Å². The molecule has 5 nitrogen and oxygen atoms in total. The Morgan fingerprint density at radius 1 is 1.37 bits per heavy atom. The molecule has 0 unspecified atom stereocenters. The number of sulfonamides is 1. The lowest BCUT2D eigenvalue weighted by molar-refractivity contribution is -0.121. The Morgan fingerprint density at radius 2 is 1.95 bits per heavy atom. The molecule has 0 atom stereocenters. The van der Waals surface area contributed by atoms with Crippen LogP contribution in [0.15, 0.2) is 23.1 Å². The van der Waals surface area contributed by atoms with Crippen LogP contribution in [0.2, 0.25) is 0 Å². The second kappa shape index (κ2) is 5.63. The summed E-state index contributed by atoms with van der Waals surface area (Å²) in [5.41, 5.74) is -0.296. The highest BCUT2D eigenvalue weighted by atomic mass is 127. The molecule has 0 amide bonds. The summed E-state index contributed by atoms with van der Waals surface area (Å²) in [6, 6.07) is 3.04. The van der Waals surface area contributed by atoms with E-state index in [1.165, 1.54) is 10.8 Å². The molecule has 106 valence electrons. The van der Waals surface area contributed by atoms with Crippen molar-refractivity contribution in [1.29, 1.82) is 0 Å². The molecule has 0 radical (unpaired) electrons. The minimum atomic E-state index is -4.69. The normalized spacial score (nSPS) is 12.4. The molecule has 0 aliphatic carbocycles. The van der Waals surface area contributed by atoms with Crippen molar-refractivity contribution in [3.63, 3.8) is 0 Å². The molecular weight excluding hydrogens is 402 g/mol. The van der Waals surface area contributed by atoms with Gasteiger partial charge >= 0.3 is 12.1 Å². The van der Waals surface area contributed by atoms with Crippen LogP contribution >= 0.6 is 22.6 Å². The maximum absolute atomic E-state index is 12.0. The first-order chi connectivity index (χ1) is 8.53. The molecule has 19 heavy (non-hydrogen) atoms. The highest BCUT2D eigenvalue weighted by Crippen LogP contribution is 2.19. The van der Waals surface area contributed by atoms with E-state index >= 15 is 0 Å². The van der Waals surface area contributed by atoms with E-state index in [1.807, 2.05) is 0 Å². The van der Waals surface area contributed by atoms with Crippen molar-refractivity contribution in [2.75, 3.05) is 6.54 Å². The zero-order valence-corrected chi connectivity index (χ0v) is 12.0. The van der Waals surface area contributed by atoms with Crippen LogP contribution in [-0.4, -0.2) is 32.2 Å². The number of carboxylic acid groups (broad SMARTS) is 1. The molecule has 0 spiro atoms. The molecule has 0 saturated carbocycles. The van der Waals surface area contributed by atoms with Crippen LogP contribution in [0, 0.1) is 3.57 Å². The average Bonchev–Trinajstić information content (AvgIpc) is 2.25. The molecule has 0 heterocycles. The summed E-state index contributed by atoms with van der Waals surface area (Å²) in [6.45, 7) is -1.72. The fourth-order valence-corrected chi connectivity index (χ4v) is 2.70. The number of rotatable bonds is 4. The van der Waals surface area contributed by atoms with Gasteiger partial charge in [0.15, 0.2) is 0 Å². The van der Waals surface area contributed by atoms with Crippen LogP contribution in [0.4, 0.5) is 13.2 Å². The topological polar surface area (TPSA) is 83.5 Å². The number of alkyl halides is 3. The molecule has 0 aromatic heterocycles. The van der Waals surface area contributed by atoms with E-state index in [-0.39, 0.29) is 9.13 Å². The number of carboxylic acids is 1. The minimum Gasteiger partial charge on any atom is -0.478 e. The second-order valence-corrected chi connectivity index (χ2v) is 6.32. The van der Waals surface area contributed by atoms with E-state index in [1.54, 1.807) is 22.6 Å². The Kier molecular flexibility index (Phi) is 4.79. The number of benzene rings is 1. The summed E-state index contributed by atoms with van der Waals surface area (Å²) in [5.74, 6) is -1.36. The van der Waals surface area contributed by atoms with Crippen LogP contribution in [0.25, 0.3) is 0 Å². The van der Waals surface area contributed by atoms with Crippen molar-refractivity contribution in [1.82, 2.24) is 4.72 Å². The zero-order chi connectivity index (χ0) is 14.8. The summed E-state index contributed by atoms with van der Waals surface area (Å²) >= 11 is 1.68. The summed E-state index contributed by atoms with van der Waals surface area (Å²) in [5, 5.41) is 8.81. The van der Waals surface area contributed by atoms with Crippen molar-refractivity contribution in [2.24, 2.45) is 0 Å². The number of halogens is 4. The first-order valence-corrected chi connectivity index (χ1v) is 7.18. The maximum atomic E-state index is 12.0. The first kappa shape index (κ1) is 16.2. The van der Waals surface area contributed by atoms with Gasteiger partial charge in [0.25, 0.3) is 0 Å². The molecule has 0 aliphatic heterocycles. The Balaban J connectivity index is 3.09.